The Morgan fingerprint density at radius 2 is 2.00 bits per heavy atom. The molecule has 1 aromatic rings. The van der Waals surface area contributed by atoms with E-state index < -0.39 is 6.10 Å². The zero-order chi connectivity index (χ0) is 14.0. The highest BCUT2D eigenvalue weighted by Gasteiger charge is 2.42. The van der Waals surface area contributed by atoms with Gasteiger partial charge in [-0.05, 0) is 49.7 Å². The van der Waals surface area contributed by atoms with Crippen LogP contribution in [0.5, 0.6) is 0 Å². The predicted molar refractivity (Wildman–Crippen MR) is 80.8 cm³/mol. The van der Waals surface area contributed by atoms with Crippen LogP contribution < -0.4 is 0 Å². The van der Waals surface area contributed by atoms with E-state index in [-0.39, 0.29) is 5.60 Å². The van der Waals surface area contributed by atoms with Gasteiger partial charge in [0.15, 0.2) is 0 Å². The van der Waals surface area contributed by atoms with Gasteiger partial charge in [0.05, 0.1) is 5.60 Å². The molecule has 0 amide bonds. The minimum Gasteiger partial charge on any atom is -0.385 e. The van der Waals surface area contributed by atoms with Crippen LogP contribution in [0, 0.1) is 0 Å². The summed E-state index contributed by atoms with van der Waals surface area (Å²) in [6, 6.07) is 8.59. The monoisotopic (exact) mass is 274 g/mol. The topological polar surface area (TPSA) is 29.5 Å². The van der Waals surface area contributed by atoms with Crippen LogP contribution in [0.25, 0.3) is 0 Å². The van der Waals surface area contributed by atoms with Crippen molar-refractivity contribution in [3.05, 3.63) is 35.4 Å². The molecule has 2 heteroatoms. The highest BCUT2D eigenvalue weighted by molar-refractivity contribution is 5.30. The summed E-state index contributed by atoms with van der Waals surface area (Å²) in [7, 11) is 0. The molecule has 0 aromatic heterocycles. The van der Waals surface area contributed by atoms with Crippen molar-refractivity contribution in [2.45, 2.75) is 69.5 Å². The molecule has 3 rings (SSSR count). The van der Waals surface area contributed by atoms with Crippen molar-refractivity contribution < 1.29 is 9.84 Å². The van der Waals surface area contributed by atoms with E-state index in [1.807, 2.05) is 6.92 Å². The number of rotatable bonds is 5. The maximum atomic E-state index is 10.9. The second-order valence-corrected chi connectivity index (χ2v) is 6.41. The van der Waals surface area contributed by atoms with Gasteiger partial charge in [0.2, 0.25) is 0 Å². The maximum absolute atomic E-state index is 10.9. The SMILES string of the molecule is CCOC1(C(O)c2cccc(C3CCC3)c2)CCCC1. The fourth-order valence-electron chi connectivity index (χ4n) is 3.79. The smallest absolute Gasteiger partial charge is 0.108 e. The van der Waals surface area contributed by atoms with Crippen LogP contribution in [0.2, 0.25) is 0 Å². The van der Waals surface area contributed by atoms with Crippen molar-refractivity contribution in [1.29, 1.82) is 0 Å². The van der Waals surface area contributed by atoms with E-state index in [4.69, 9.17) is 4.74 Å². The number of aliphatic hydroxyl groups excluding tert-OH is 1. The second kappa shape index (κ2) is 5.87. The Kier molecular flexibility index (Phi) is 4.13. The van der Waals surface area contributed by atoms with Crippen molar-refractivity contribution in [3.8, 4) is 0 Å². The molecule has 1 unspecified atom stereocenters. The van der Waals surface area contributed by atoms with E-state index in [1.54, 1.807) is 0 Å². The van der Waals surface area contributed by atoms with E-state index in [2.05, 4.69) is 24.3 Å². The molecule has 1 N–H and O–H groups in total. The van der Waals surface area contributed by atoms with Crippen LogP contribution in [-0.4, -0.2) is 17.3 Å². The highest BCUT2D eigenvalue weighted by Crippen LogP contribution is 2.44. The lowest BCUT2D eigenvalue weighted by Gasteiger charge is -2.35. The fourth-order valence-corrected chi connectivity index (χ4v) is 3.79. The molecule has 2 nitrogen and oxygen atoms in total. The quantitative estimate of drug-likeness (QED) is 0.865. The molecule has 0 spiro atoms. The third-order valence-electron chi connectivity index (χ3n) is 5.18. The zero-order valence-electron chi connectivity index (χ0n) is 12.5. The highest BCUT2D eigenvalue weighted by atomic mass is 16.5. The summed E-state index contributed by atoms with van der Waals surface area (Å²) in [6.45, 7) is 2.71. The zero-order valence-corrected chi connectivity index (χ0v) is 12.5. The molecule has 0 heterocycles. The minimum atomic E-state index is -0.482. The molecule has 0 radical (unpaired) electrons. The second-order valence-electron chi connectivity index (χ2n) is 6.41. The van der Waals surface area contributed by atoms with Gasteiger partial charge in [-0.2, -0.15) is 0 Å². The molecule has 110 valence electrons. The van der Waals surface area contributed by atoms with Crippen LogP contribution in [-0.2, 0) is 4.74 Å². The predicted octanol–water partition coefficient (Wildman–Crippen LogP) is 4.34. The third kappa shape index (κ3) is 2.51. The molecule has 1 aromatic carbocycles. The van der Waals surface area contributed by atoms with E-state index in [0.717, 1.165) is 18.4 Å². The van der Waals surface area contributed by atoms with Gasteiger partial charge < -0.3 is 9.84 Å². The standard InChI is InChI=1S/C18H26O2/c1-2-20-18(11-3-4-12-18)17(19)16-10-6-9-15(13-16)14-7-5-8-14/h6,9-10,13-14,17,19H,2-5,7-8,11-12H2,1H3. The molecule has 2 fully saturated rings. The number of benzene rings is 1. The average Bonchev–Trinajstić information content (AvgIpc) is 2.86. The van der Waals surface area contributed by atoms with E-state index >= 15 is 0 Å². The summed E-state index contributed by atoms with van der Waals surface area (Å²) in [5.74, 6) is 0.716. The first kappa shape index (κ1) is 14.1. The van der Waals surface area contributed by atoms with Crippen LogP contribution >= 0.6 is 0 Å². The lowest BCUT2D eigenvalue weighted by molar-refractivity contribution is -0.118. The summed E-state index contributed by atoms with van der Waals surface area (Å²) in [6.07, 6.45) is 7.77. The first-order chi connectivity index (χ1) is 9.75. The molecule has 0 aliphatic heterocycles. The van der Waals surface area contributed by atoms with Gasteiger partial charge >= 0.3 is 0 Å². The average molecular weight is 274 g/mol. The summed E-state index contributed by atoms with van der Waals surface area (Å²) < 4.78 is 6.00. The van der Waals surface area contributed by atoms with E-state index in [1.165, 1.54) is 37.7 Å². The van der Waals surface area contributed by atoms with Crippen LogP contribution in [0.4, 0.5) is 0 Å². The fraction of sp³-hybridized carbons (Fsp3) is 0.667. The van der Waals surface area contributed by atoms with Gasteiger partial charge in [-0.15, -0.1) is 0 Å². The normalized spacial score (nSPS) is 23.5. The van der Waals surface area contributed by atoms with Crippen LogP contribution in [0.3, 0.4) is 0 Å². The lowest BCUT2D eigenvalue weighted by Crippen LogP contribution is -2.36. The summed E-state index contributed by atoms with van der Waals surface area (Å²) in [4.78, 5) is 0. The molecular formula is C18H26O2. The van der Waals surface area contributed by atoms with Gasteiger partial charge in [-0.1, -0.05) is 43.5 Å². The molecule has 20 heavy (non-hydrogen) atoms. The molecule has 0 bridgehead atoms. The van der Waals surface area contributed by atoms with Crippen LogP contribution in [0.1, 0.15) is 75.0 Å². The number of aliphatic hydroxyl groups is 1. The largest absolute Gasteiger partial charge is 0.385 e. The van der Waals surface area contributed by atoms with Gasteiger partial charge in [0, 0.05) is 6.61 Å². The first-order valence-corrected chi connectivity index (χ1v) is 8.17. The Labute approximate surface area is 122 Å². The Hall–Kier alpha value is -0.860. The van der Waals surface area contributed by atoms with Gasteiger partial charge in [0.25, 0.3) is 0 Å². The maximum Gasteiger partial charge on any atom is 0.108 e. The molecule has 0 saturated heterocycles. The molecule has 2 aliphatic rings. The Morgan fingerprint density at radius 1 is 1.25 bits per heavy atom. The Morgan fingerprint density at radius 3 is 2.60 bits per heavy atom. The van der Waals surface area contributed by atoms with Gasteiger partial charge in [-0.25, -0.2) is 0 Å². The van der Waals surface area contributed by atoms with E-state index in [9.17, 15) is 5.11 Å². The van der Waals surface area contributed by atoms with E-state index in [0.29, 0.717) is 12.5 Å². The Balaban J connectivity index is 1.83. The van der Waals surface area contributed by atoms with Crippen molar-refractivity contribution >= 4 is 0 Å². The lowest BCUT2D eigenvalue weighted by atomic mass is 9.78. The van der Waals surface area contributed by atoms with Crippen molar-refractivity contribution in [3.63, 3.8) is 0 Å². The van der Waals surface area contributed by atoms with Gasteiger partial charge in [-0.3, -0.25) is 0 Å². The number of hydrogen-bond acceptors (Lipinski definition) is 2. The summed E-state index contributed by atoms with van der Waals surface area (Å²) in [5.41, 5.74) is 2.11. The Bertz CT molecular complexity index is 444. The third-order valence-corrected chi connectivity index (χ3v) is 5.18. The molecule has 2 saturated carbocycles. The number of ether oxygens (including phenoxy) is 1. The first-order valence-electron chi connectivity index (χ1n) is 8.17. The van der Waals surface area contributed by atoms with Crippen LogP contribution in [0.15, 0.2) is 24.3 Å². The van der Waals surface area contributed by atoms with Crippen molar-refractivity contribution in [2.75, 3.05) is 6.61 Å². The molecular weight excluding hydrogens is 248 g/mol. The summed E-state index contributed by atoms with van der Waals surface area (Å²) >= 11 is 0. The van der Waals surface area contributed by atoms with Crippen molar-refractivity contribution in [2.24, 2.45) is 0 Å². The summed E-state index contributed by atoms with van der Waals surface area (Å²) in [5, 5.41) is 10.9. The van der Waals surface area contributed by atoms with Crippen molar-refractivity contribution in [1.82, 2.24) is 0 Å². The molecule has 1 atom stereocenters. The number of hydrogen-bond donors (Lipinski definition) is 1. The molecule has 2 aliphatic carbocycles. The van der Waals surface area contributed by atoms with Gasteiger partial charge in [0.1, 0.15) is 6.10 Å². The minimum absolute atomic E-state index is 0.340.